The van der Waals surface area contributed by atoms with E-state index in [2.05, 4.69) is 26.6 Å². The van der Waals surface area contributed by atoms with Crippen molar-refractivity contribution in [1.29, 1.82) is 0 Å². The molecular weight excluding hydrogens is 742 g/mol. The van der Waals surface area contributed by atoms with Crippen molar-refractivity contribution < 1.29 is 73.6 Å². The number of likely N-dealkylation sites (N-methyl/N-ethyl adjacent to an activating group) is 1. The van der Waals surface area contributed by atoms with Gasteiger partial charge in [0.25, 0.3) is 0 Å². The van der Waals surface area contributed by atoms with Crippen molar-refractivity contribution in [3.63, 3.8) is 0 Å². The standard InChI is InChI=1S/C36H65N5O15/c1-37-35(51)24(11-3-7-15-39-30(48)13-5-9-17-54-32-19-26(46)34(50)28(21-43)56-32)41-36(52)23(40-22-44)10-2-6-14-38-29(47)12-4-8-16-53-31-18-25(45)33(49)27(20-42)55-31/h22-28,31-34,42-43,45-46,49-50H,2-21H2,1H3,(H,37,51)(H,38,47)(H,39,48)(H,40,44)(H,41,52). The molecule has 0 aromatic carbocycles. The lowest BCUT2D eigenvalue weighted by molar-refractivity contribution is -0.257. The zero-order valence-electron chi connectivity index (χ0n) is 32.4. The summed E-state index contributed by atoms with van der Waals surface area (Å²) in [5.74, 6) is -1.20. The molecule has 2 heterocycles. The van der Waals surface area contributed by atoms with Crippen LogP contribution in [0.4, 0.5) is 0 Å². The van der Waals surface area contributed by atoms with Gasteiger partial charge >= 0.3 is 0 Å². The van der Waals surface area contributed by atoms with Gasteiger partial charge in [-0.3, -0.25) is 24.0 Å². The molecule has 5 amide bonds. The van der Waals surface area contributed by atoms with Gasteiger partial charge in [0, 0.05) is 59.0 Å². The molecule has 2 fully saturated rings. The van der Waals surface area contributed by atoms with E-state index in [-0.39, 0.29) is 57.1 Å². The van der Waals surface area contributed by atoms with Crippen LogP contribution in [0.1, 0.15) is 89.9 Å². The Morgan fingerprint density at radius 3 is 1.57 bits per heavy atom. The van der Waals surface area contributed by atoms with Crippen LogP contribution in [-0.2, 0) is 42.9 Å². The van der Waals surface area contributed by atoms with Crippen LogP contribution < -0.4 is 26.6 Å². The summed E-state index contributed by atoms with van der Waals surface area (Å²) in [6.45, 7) is 0.417. The summed E-state index contributed by atoms with van der Waals surface area (Å²) in [6, 6.07) is -1.72. The second kappa shape index (κ2) is 28.4. The molecule has 20 heteroatoms. The maximum absolute atomic E-state index is 13.0. The molecule has 0 radical (unpaired) electrons. The molecule has 0 spiro atoms. The van der Waals surface area contributed by atoms with E-state index < -0.39 is 86.3 Å². The molecular formula is C36H65N5O15. The Labute approximate surface area is 327 Å². The van der Waals surface area contributed by atoms with Crippen LogP contribution in [0.3, 0.4) is 0 Å². The molecule has 10 unspecified atom stereocenters. The first-order chi connectivity index (χ1) is 26.9. The molecule has 10 atom stereocenters. The summed E-state index contributed by atoms with van der Waals surface area (Å²) >= 11 is 0. The summed E-state index contributed by atoms with van der Waals surface area (Å²) in [7, 11) is 1.46. The number of hydrogen-bond acceptors (Lipinski definition) is 15. The quantitative estimate of drug-likeness (QED) is 0.0264. The zero-order valence-corrected chi connectivity index (χ0v) is 32.4. The third-order valence-corrected chi connectivity index (χ3v) is 9.58. The highest BCUT2D eigenvalue weighted by atomic mass is 16.7. The van der Waals surface area contributed by atoms with Crippen LogP contribution in [0.15, 0.2) is 0 Å². The number of hydrogen-bond donors (Lipinski definition) is 11. The summed E-state index contributed by atoms with van der Waals surface area (Å²) in [6.07, 6.45) is -1.73. The van der Waals surface area contributed by atoms with Crippen LogP contribution in [0.2, 0.25) is 0 Å². The van der Waals surface area contributed by atoms with E-state index in [1.807, 2.05) is 0 Å². The fourth-order valence-electron chi connectivity index (χ4n) is 6.22. The molecule has 0 aromatic heterocycles. The maximum atomic E-state index is 13.0. The van der Waals surface area contributed by atoms with Gasteiger partial charge in [-0.2, -0.15) is 0 Å². The van der Waals surface area contributed by atoms with E-state index in [1.54, 1.807) is 0 Å². The molecule has 11 N–H and O–H groups in total. The average molecular weight is 808 g/mol. The number of aliphatic hydroxyl groups is 6. The highest BCUT2D eigenvalue weighted by Gasteiger charge is 2.37. The van der Waals surface area contributed by atoms with Crippen molar-refractivity contribution in [3.05, 3.63) is 0 Å². The maximum Gasteiger partial charge on any atom is 0.243 e. The number of unbranched alkanes of at least 4 members (excludes halogenated alkanes) is 4. The molecule has 2 aliphatic heterocycles. The van der Waals surface area contributed by atoms with Crippen molar-refractivity contribution in [2.24, 2.45) is 0 Å². The first kappa shape index (κ1) is 49.1. The highest BCUT2D eigenvalue weighted by Crippen LogP contribution is 2.22. The van der Waals surface area contributed by atoms with Gasteiger partial charge in [0.15, 0.2) is 12.6 Å². The second-order valence-corrected chi connectivity index (χ2v) is 14.0. The van der Waals surface area contributed by atoms with Gasteiger partial charge < -0.3 is 76.2 Å². The van der Waals surface area contributed by atoms with Crippen molar-refractivity contribution >= 4 is 30.0 Å². The normalized spacial score (nSPS) is 26.1. The Kier molecular flexibility index (Phi) is 24.9. The summed E-state index contributed by atoms with van der Waals surface area (Å²) in [5, 5.41) is 71.2. The number of amides is 5. The third kappa shape index (κ3) is 18.9. The SMILES string of the molecule is CNC(=O)C(CCCCNC(=O)CCCCOC1CC(O)C(O)C(CO)O1)NC(=O)C(CCCCNC(=O)CCCCOC1CC(O)C(O)C(CO)O1)NC=O. The van der Waals surface area contributed by atoms with Crippen LogP contribution in [-0.4, -0.2) is 169 Å². The summed E-state index contributed by atoms with van der Waals surface area (Å²) < 4.78 is 21.9. The highest BCUT2D eigenvalue weighted by molar-refractivity contribution is 5.90. The van der Waals surface area contributed by atoms with Crippen LogP contribution in [0, 0.1) is 0 Å². The fourth-order valence-corrected chi connectivity index (χ4v) is 6.22. The summed E-state index contributed by atoms with van der Waals surface area (Å²) in [5.41, 5.74) is 0. The van der Waals surface area contributed by atoms with Crippen molar-refractivity contribution in [2.75, 3.05) is 46.6 Å². The minimum Gasteiger partial charge on any atom is -0.394 e. The first-order valence-corrected chi connectivity index (χ1v) is 19.7. The van der Waals surface area contributed by atoms with E-state index in [1.165, 1.54) is 7.05 Å². The lowest BCUT2D eigenvalue weighted by Crippen LogP contribution is -2.52. The van der Waals surface area contributed by atoms with E-state index in [9.17, 15) is 54.6 Å². The van der Waals surface area contributed by atoms with Gasteiger partial charge in [-0.25, -0.2) is 0 Å². The van der Waals surface area contributed by atoms with Gasteiger partial charge in [0.05, 0.1) is 25.4 Å². The molecule has 0 aromatic rings. The second-order valence-electron chi connectivity index (χ2n) is 14.0. The fraction of sp³-hybridized carbons (Fsp3) is 0.861. The predicted octanol–water partition coefficient (Wildman–Crippen LogP) is -3.06. The molecule has 20 nitrogen and oxygen atoms in total. The Bertz CT molecular complexity index is 1160. The number of ether oxygens (including phenoxy) is 4. The summed E-state index contributed by atoms with van der Waals surface area (Å²) in [4.78, 5) is 61.2. The third-order valence-electron chi connectivity index (χ3n) is 9.58. The van der Waals surface area contributed by atoms with E-state index >= 15 is 0 Å². The van der Waals surface area contributed by atoms with Gasteiger partial charge in [0.2, 0.25) is 30.0 Å². The Balaban J connectivity index is 1.56. The zero-order chi connectivity index (χ0) is 41.3. The first-order valence-electron chi connectivity index (χ1n) is 19.7. The van der Waals surface area contributed by atoms with Gasteiger partial charge in [0.1, 0.15) is 36.5 Å². The number of aliphatic hydroxyl groups excluding tert-OH is 6. The minimum absolute atomic E-state index is 0.0802. The largest absolute Gasteiger partial charge is 0.394 e. The Morgan fingerprint density at radius 1 is 0.679 bits per heavy atom. The Morgan fingerprint density at radius 2 is 1.14 bits per heavy atom. The van der Waals surface area contributed by atoms with Crippen LogP contribution in [0.5, 0.6) is 0 Å². The van der Waals surface area contributed by atoms with Crippen LogP contribution >= 0.6 is 0 Å². The number of rotatable bonds is 29. The number of nitrogens with one attached hydrogen (secondary N) is 5. The molecule has 0 bridgehead atoms. The van der Waals surface area contributed by atoms with E-state index in [0.29, 0.717) is 77.3 Å². The topological polar surface area (TPSA) is 304 Å². The number of carbonyl (C=O) groups excluding carboxylic acids is 5. The molecule has 2 saturated heterocycles. The van der Waals surface area contributed by atoms with Crippen molar-refractivity contribution in [2.45, 2.75) is 151 Å². The van der Waals surface area contributed by atoms with Gasteiger partial charge in [-0.1, -0.05) is 0 Å². The molecule has 0 aliphatic carbocycles. The van der Waals surface area contributed by atoms with Gasteiger partial charge in [-0.05, 0) is 64.2 Å². The average Bonchev–Trinajstić information content (AvgIpc) is 3.18. The van der Waals surface area contributed by atoms with E-state index in [4.69, 9.17) is 18.9 Å². The molecule has 2 aliphatic rings. The minimum atomic E-state index is -1.18. The number of carbonyl (C=O) groups is 5. The lowest BCUT2D eigenvalue weighted by atomic mass is 10.0. The van der Waals surface area contributed by atoms with E-state index in [0.717, 1.165) is 0 Å². The molecule has 2 rings (SSSR count). The van der Waals surface area contributed by atoms with Gasteiger partial charge in [-0.15, -0.1) is 0 Å². The molecule has 324 valence electrons. The van der Waals surface area contributed by atoms with Crippen molar-refractivity contribution in [1.82, 2.24) is 26.6 Å². The predicted molar refractivity (Wildman–Crippen MR) is 197 cm³/mol. The van der Waals surface area contributed by atoms with Crippen molar-refractivity contribution in [3.8, 4) is 0 Å². The lowest BCUT2D eigenvalue weighted by Gasteiger charge is -2.36. The molecule has 0 saturated carbocycles. The Hall–Kier alpha value is -3.05. The smallest absolute Gasteiger partial charge is 0.243 e. The monoisotopic (exact) mass is 807 g/mol. The molecule has 56 heavy (non-hydrogen) atoms. The van der Waals surface area contributed by atoms with Crippen LogP contribution in [0.25, 0.3) is 0 Å².